The lowest BCUT2D eigenvalue weighted by atomic mass is 9.86. The number of hydrogen-bond acceptors (Lipinski definition) is 8. The number of fused-ring (bicyclic) bond motifs is 1. The highest BCUT2D eigenvalue weighted by Crippen LogP contribution is 2.33. The summed E-state index contributed by atoms with van der Waals surface area (Å²) in [7, 11) is 3.22. The predicted octanol–water partition coefficient (Wildman–Crippen LogP) is 3.75. The van der Waals surface area contributed by atoms with E-state index in [0.717, 1.165) is 37.0 Å². The summed E-state index contributed by atoms with van der Waals surface area (Å²) < 4.78 is 5.22. The minimum Gasteiger partial charge on any atom is -0.480 e. The van der Waals surface area contributed by atoms with E-state index >= 15 is 0 Å². The zero-order chi connectivity index (χ0) is 27.5. The summed E-state index contributed by atoms with van der Waals surface area (Å²) in [4.78, 5) is 43.2. The van der Waals surface area contributed by atoms with E-state index in [4.69, 9.17) is 9.72 Å². The summed E-state index contributed by atoms with van der Waals surface area (Å²) in [5.74, 6) is 1.32. The van der Waals surface area contributed by atoms with Gasteiger partial charge in [-0.3, -0.25) is 19.5 Å². The van der Waals surface area contributed by atoms with Gasteiger partial charge < -0.3 is 20.4 Å². The van der Waals surface area contributed by atoms with E-state index in [1.54, 1.807) is 19.4 Å². The molecule has 0 radical (unpaired) electrons. The number of carbonyl (C=O) groups excluding carboxylic acids is 1. The second-order valence-electron chi connectivity index (χ2n) is 9.87. The number of aryl methyl sites for hydroxylation is 1. The number of aromatic amines is 1. The van der Waals surface area contributed by atoms with Crippen LogP contribution in [0.4, 0.5) is 11.5 Å². The van der Waals surface area contributed by atoms with Crippen molar-refractivity contribution in [2.24, 2.45) is 0 Å². The van der Waals surface area contributed by atoms with Crippen LogP contribution in [0.1, 0.15) is 36.8 Å². The quantitative estimate of drug-likeness (QED) is 0.332. The third kappa shape index (κ3) is 5.46. The Bertz CT molecular complexity index is 1560. The van der Waals surface area contributed by atoms with Gasteiger partial charge in [-0.15, -0.1) is 0 Å². The molecule has 0 saturated carbocycles. The van der Waals surface area contributed by atoms with E-state index < -0.39 is 0 Å². The maximum atomic E-state index is 12.8. The van der Waals surface area contributed by atoms with E-state index in [2.05, 4.69) is 49.5 Å². The summed E-state index contributed by atoms with van der Waals surface area (Å²) >= 11 is 0. The number of rotatable bonds is 7. The van der Waals surface area contributed by atoms with Crippen molar-refractivity contribution in [3.8, 4) is 17.3 Å². The van der Waals surface area contributed by atoms with Gasteiger partial charge in [-0.05, 0) is 86.5 Å². The highest BCUT2D eigenvalue weighted by Gasteiger charge is 2.27. The summed E-state index contributed by atoms with van der Waals surface area (Å²) in [6.07, 6.45) is 6.77. The molecule has 10 nitrogen and oxygen atoms in total. The molecule has 0 spiro atoms. The summed E-state index contributed by atoms with van der Waals surface area (Å²) in [6, 6.07) is 9.83. The third-order valence-corrected chi connectivity index (χ3v) is 7.51. The van der Waals surface area contributed by atoms with Gasteiger partial charge in [0.1, 0.15) is 11.5 Å². The van der Waals surface area contributed by atoms with Crippen molar-refractivity contribution in [1.29, 1.82) is 0 Å². The first-order valence-corrected chi connectivity index (χ1v) is 13.1. The number of nitrogens with one attached hydrogen (secondary N) is 3. The Morgan fingerprint density at radius 3 is 2.64 bits per heavy atom. The number of carbonyl (C=O) groups is 1. The van der Waals surface area contributed by atoms with E-state index in [0.29, 0.717) is 34.4 Å². The molecule has 0 bridgehead atoms. The first-order chi connectivity index (χ1) is 18.9. The van der Waals surface area contributed by atoms with Crippen LogP contribution in [0.25, 0.3) is 22.2 Å². The lowest BCUT2D eigenvalue weighted by molar-refractivity contribution is -0.125. The fourth-order valence-electron chi connectivity index (χ4n) is 5.33. The average molecular weight is 528 g/mol. The van der Waals surface area contributed by atoms with Gasteiger partial charge in [0.15, 0.2) is 0 Å². The van der Waals surface area contributed by atoms with Gasteiger partial charge in [-0.25, -0.2) is 9.97 Å². The van der Waals surface area contributed by atoms with Crippen molar-refractivity contribution in [2.45, 2.75) is 38.6 Å². The van der Waals surface area contributed by atoms with Crippen LogP contribution in [-0.2, 0) is 4.79 Å². The van der Waals surface area contributed by atoms with Crippen LogP contribution >= 0.6 is 0 Å². The minimum absolute atomic E-state index is 0.0579. The summed E-state index contributed by atoms with van der Waals surface area (Å²) in [5.41, 5.74) is 4.22. The van der Waals surface area contributed by atoms with E-state index in [1.807, 2.05) is 25.1 Å². The molecule has 202 valence electrons. The van der Waals surface area contributed by atoms with Gasteiger partial charge in [0, 0.05) is 18.9 Å². The van der Waals surface area contributed by atoms with Crippen LogP contribution in [0.5, 0.6) is 5.88 Å². The van der Waals surface area contributed by atoms with Crippen LogP contribution in [0.3, 0.4) is 0 Å². The number of piperidine rings is 1. The Kier molecular flexibility index (Phi) is 7.56. The van der Waals surface area contributed by atoms with Gasteiger partial charge >= 0.3 is 0 Å². The number of methoxy groups -OCH3 is 1. The number of aromatic nitrogens is 4. The van der Waals surface area contributed by atoms with E-state index in [1.165, 1.54) is 24.4 Å². The van der Waals surface area contributed by atoms with Crippen molar-refractivity contribution in [3.05, 3.63) is 70.4 Å². The first kappa shape index (κ1) is 26.3. The molecular weight excluding hydrogens is 494 g/mol. The van der Waals surface area contributed by atoms with E-state index in [9.17, 15) is 9.59 Å². The largest absolute Gasteiger partial charge is 0.480 e. The van der Waals surface area contributed by atoms with Crippen LogP contribution in [0.2, 0.25) is 0 Å². The normalized spacial score (nSPS) is 15.2. The number of hydrogen-bond donors (Lipinski definition) is 3. The lowest BCUT2D eigenvalue weighted by Gasteiger charge is -2.35. The number of likely N-dealkylation sites (N-methyl/N-ethyl adjacent to an activating group) is 1. The second-order valence-corrected chi connectivity index (χ2v) is 9.87. The summed E-state index contributed by atoms with van der Waals surface area (Å²) in [5, 5.41) is 7.33. The lowest BCUT2D eigenvalue weighted by Crippen LogP contribution is -2.47. The van der Waals surface area contributed by atoms with Gasteiger partial charge in [0.2, 0.25) is 11.8 Å². The standard InChI is InChI=1S/C29H33N7O3/c1-17-13-21(5-6-22(17)19-8-11-36(12-9-19)18(2)28(37)30-3)33-27-26-20(7-10-32-29(26)38)14-23(35-27)24-15-31-16-25(34-24)39-4/h5-7,10,13-16,18-19H,8-9,11-12H2,1-4H3,(H,30,37)(H,32,38)(H,33,35). The maximum absolute atomic E-state index is 12.8. The molecule has 3 N–H and O–H groups in total. The van der Waals surface area contributed by atoms with Gasteiger partial charge in [-0.1, -0.05) is 6.07 Å². The van der Waals surface area contributed by atoms with Gasteiger partial charge in [0.05, 0.1) is 36.6 Å². The molecule has 4 aromatic rings. The number of benzene rings is 1. The Hall–Kier alpha value is -4.31. The minimum atomic E-state index is -0.225. The molecule has 3 aromatic heterocycles. The molecule has 1 aliphatic heterocycles. The highest BCUT2D eigenvalue weighted by atomic mass is 16.5. The number of likely N-dealkylation sites (tertiary alicyclic amines) is 1. The molecule has 0 aliphatic carbocycles. The molecule has 4 heterocycles. The zero-order valence-corrected chi connectivity index (χ0v) is 22.6. The molecule has 5 rings (SSSR count). The first-order valence-electron chi connectivity index (χ1n) is 13.1. The van der Waals surface area contributed by atoms with Crippen molar-refractivity contribution < 1.29 is 9.53 Å². The van der Waals surface area contributed by atoms with Gasteiger partial charge in [0.25, 0.3) is 5.56 Å². The molecule has 39 heavy (non-hydrogen) atoms. The number of pyridine rings is 2. The number of ether oxygens (including phenoxy) is 1. The van der Waals surface area contributed by atoms with Crippen LogP contribution < -0.4 is 20.9 Å². The summed E-state index contributed by atoms with van der Waals surface area (Å²) in [6.45, 7) is 5.85. The monoisotopic (exact) mass is 527 g/mol. The number of nitrogens with zero attached hydrogens (tertiary/aromatic N) is 4. The SMILES string of the molecule is CNC(=O)C(C)N1CCC(c2ccc(Nc3nc(-c4cncc(OC)n4)cc4cc[nH]c(=O)c34)cc2C)CC1. The fourth-order valence-corrected chi connectivity index (χ4v) is 5.33. The van der Waals surface area contributed by atoms with Crippen molar-refractivity contribution >= 4 is 28.2 Å². The average Bonchev–Trinajstić information content (AvgIpc) is 2.96. The predicted molar refractivity (Wildman–Crippen MR) is 151 cm³/mol. The smallest absolute Gasteiger partial charge is 0.259 e. The van der Waals surface area contributed by atoms with Crippen LogP contribution in [-0.4, -0.2) is 64.0 Å². The Balaban J connectivity index is 1.41. The number of anilines is 2. The fraction of sp³-hybridized carbons (Fsp3) is 0.345. The molecule has 1 amide bonds. The number of amides is 1. The molecule has 10 heteroatoms. The third-order valence-electron chi connectivity index (χ3n) is 7.51. The Morgan fingerprint density at radius 1 is 1.13 bits per heavy atom. The van der Waals surface area contributed by atoms with Crippen LogP contribution in [0, 0.1) is 6.92 Å². The van der Waals surface area contributed by atoms with Gasteiger partial charge in [-0.2, -0.15) is 0 Å². The van der Waals surface area contributed by atoms with Crippen molar-refractivity contribution in [2.75, 3.05) is 32.6 Å². The van der Waals surface area contributed by atoms with Crippen molar-refractivity contribution in [3.63, 3.8) is 0 Å². The van der Waals surface area contributed by atoms with E-state index in [-0.39, 0.29) is 17.5 Å². The molecule has 1 fully saturated rings. The molecule has 1 atom stereocenters. The molecule has 1 aliphatic rings. The van der Waals surface area contributed by atoms with Crippen LogP contribution in [0.15, 0.2) is 53.7 Å². The Morgan fingerprint density at radius 2 is 1.92 bits per heavy atom. The topological polar surface area (TPSA) is 125 Å². The second kappa shape index (κ2) is 11.2. The molecule has 1 saturated heterocycles. The maximum Gasteiger partial charge on any atom is 0.259 e. The number of H-pyrrole nitrogens is 1. The molecular formula is C29H33N7O3. The van der Waals surface area contributed by atoms with Crippen molar-refractivity contribution in [1.82, 2.24) is 30.2 Å². The Labute approximate surface area is 226 Å². The highest BCUT2D eigenvalue weighted by molar-refractivity contribution is 5.95. The molecule has 1 aromatic carbocycles. The zero-order valence-electron chi connectivity index (χ0n) is 22.6. The molecule has 1 unspecified atom stereocenters.